The van der Waals surface area contributed by atoms with Gasteiger partial charge in [0, 0.05) is 19.6 Å². The van der Waals surface area contributed by atoms with Gasteiger partial charge in [-0.1, -0.05) is 12.1 Å². The number of carbonyl (C=O) groups is 1. The molecular formula is C15H22N2O2. The van der Waals surface area contributed by atoms with Crippen molar-refractivity contribution in [2.24, 2.45) is 11.7 Å². The maximum absolute atomic E-state index is 12.1. The number of nitrogens with two attached hydrogens (primary N) is 1. The van der Waals surface area contributed by atoms with Gasteiger partial charge in [-0.3, -0.25) is 4.79 Å². The summed E-state index contributed by atoms with van der Waals surface area (Å²) in [6, 6.07) is 7.98. The van der Waals surface area contributed by atoms with Crippen LogP contribution >= 0.6 is 0 Å². The van der Waals surface area contributed by atoms with Gasteiger partial charge in [-0.2, -0.15) is 0 Å². The molecule has 1 fully saturated rings. The second-order valence-corrected chi connectivity index (χ2v) is 5.40. The molecule has 19 heavy (non-hydrogen) atoms. The van der Waals surface area contributed by atoms with Crippen LogP contribution in [0.25, 0.3) is 0 Å². The van der Waals surface area contributed by atoms with E-state index in [0.717, 1.165) is 30.7 Å². The van der Waals surface area contributed by atoms with E-state index in [1.54, 1.807) is 7.11 Å². The molecule has 0 radical (unpaired) electrons. The smallest absolute Gasteiger partial charge is 0.226 e. The SMILES string of the molecule is COc1ccc(CC(=O)N(C)CC2CC(N)C2)cc1. The summed E-state index contributed by atoms with van der Waals surface area (Å²) in [6.07, 6.45) is 2.53. The van der Waals surface area contributed by atoms with E-state index in [9.17, 15) is 4.79 Å². The summed E-state index contributed by atoms with van der Waals surface area (Å²) in [7, 11) is 3.51. The number of nitrogens with zero attached hydrogens (tertiary/aromatic N) is 1. The van der Waals surface area contributed by atoms with Crippen LogP contribution in [0.2, 0.25) is 0 Å². The Kier molecular flexibility index (Phi) is 4.43. The monoisotopic (exact) mass is 262 g/mol. The lowest BCUT2D eigenvalue weighted by Gasteiger charge is -2.35. The molecule has 2 rings (SSSR count). The Labute approximate surface area is 114 Å². The highest BCUT2D eigenvalue weighted by molar-refractivity contribution is 5.78. The highest BCUT2D eigenvalue weighted by Crippen LogP contribution is 2.26. The predicted molar refractivity (Wildman–Crippen MR) is 75.0 cm³/mol. The second kappa shape index (κ2) is 6.06. The first kappa shape index (κ1) is 13.9. The third kappa shape index (κ3) is 3.70. The van der Waals surface area contributed by atoms with Crippen molar-refractivity contribution < 1.29 is 9.53 Å². The van der Waals surface area contributed by atoms with Gasteiger partial charge in [-0.15, -0.1) is 0 Å². The molecule has 1 amide bonds. The molecule has 0 bridgehead atoms. The van der Waals surface area contributed by atoms with E-state index in [4.69, 9.17) is 10.5 Å². The van der Waals surface area contributed by atoms with Gasteiger partial charge in [0.1, 0.15) is 5.75 Å². The Morgan fingerprint density at radius 3 is 2.53 bits per heavy atom. The summed E-state index contributed by atoms with van der Waals surface area (Å²) in [6.45, 7) is 0.822. The fraction of sp³-hybridized carbons (Fsp3) is 0.533. The van der Waals surface area contributed by atoms with Crippen molar-refractivity contribution in [3.63, 3.8) is 0 Å². The number of carbonyl (C=O) groups excluding carboxylic acids is 1. The molecule has 0 aliphatic heterocycles. The average molecular weight is 262 g/mol. The maximum atomic E-state index is 12.1. The van der Waals surface area contributed by atoms with E-state index < -0.39 is 0 Å². The number of methoxy groups -OCH3 is 1. The molecule has 0 spiro atoms. The minimum atomic E-state index is 0.158. The molecule has 1 aliphatic carbocycles. The Balaban J connectivity index is 1.81. The lowest BCUT2D eigenvalue weighted by molar-refractivity contribution is -0.130. The van der Waals surface area contributed by atoms with E-state index >= 15 is 0 Å². The molecule has 4 nitrogen and oxygen atoms in total. The molecule has 104 valence electrons. The van der Waals surface area contributed by atoms with E-state index in [-0.39, 0.29) is 5.91 Å². The van der Waals surface area contributed by atoms with Crippen LogP contribution in [0.15, 0.2) is 24.3 Å². The molecule has 1 saturated carbocycles. The van der Waals surface area contributed by atoms with Crippen molar-refractivity contribution in [3.8, 4) is 5.75 Å². The van der Waals surface area contributed by atoms with Gasteiger partial charge in [-0.05, 0) is 36.5 Å². The Morgan fingerprint density at radius 1 is 1.37 bits per heavy atom. The van der Waals surface area contributed by atoms with Crippen LogP contribution < -0.4 is 10.5 Å². The molecule has 0 atom stereocenters. The Hall–Kier alpha value is -1.55. The number of likely N-dealkylation sites (N-methyl/N-ethyl adjacent to an activating group) is 1. The highest BCUT2D eigenvalue weighted by Gasteiger charge is 2.27. The number of hydrogen-bond acceptors (Lipinski definition) is 3. The molecule has 1 aliphatic rings. The number of rotatable bonds is 5. The zero-order valence-electron chi connectivity index (χ0n) is 11.6. The fourth-order valence-corrected chi connectivity index (χ4v) is 2.48. The normalized spacial score (nSPS) is 21.6. The van der Waals surface area contributed by atoms with Crippen LogP contribution in [-0.4, -0.2) is 37.6 Å². The first-order valence-electron chi connectivity index (χ1n) is 6.71. The van der Waals surface area contributed by atoms with Crippen molar-refractivity contribution in [3.05, 3.63) is 29.8 Å². The van der Waals surface area contributed by atoms with Crippen molar-refractivity contribution in [2.45, 2.75) is 25.3 Å². The van der Waals surface area contributed by atoms with E-state index in [1.807, 2.05) is 36.2 Å². The third-order valence-corrected chi connectivity index (χ3v) is 3.74. The first-order valence-corrected chi connectivity index (χ1v) is 6.71. The molecular weight excluding hydrogens is 240 g/mol. The molecule has 0 unspecified atom stereocenters. The summed E-state index contributed by atoms with van der Waals surface area (Å²) < 4.78 is 5.10. The number of hydrogen-bond donors (Lipinski definition) is 1. The first-order chi connectivity index (χ1) is 9.08. The molecule has 1 aromatic rings. The predicted octanol–water partition coefficient (Wildman–Crippen LogP) is 1.43. The number of benzene rings is 1. The van der Waals surface area contributed by atoms with Gasteiger partial charge in [0.2, 0.25) is 5.91 Å². The molecule has 4 heteroatoms. The number of amides is 1. The summed E-state index contributed by atoms with van der Waals surface area (Å²) in [5.41, 5.74) is 6.77. The van der Waals surface area contributed by atoms with Crippen LogP contribution in [0.1, 0.15) is 18.4 Å². The Morgan fingerprint density at radius 2 is 2.00 bits per heavy atom. The van der Waals surface area contributed by atoms with Gasteiger partial charge in [-0.25, -0.2) is 0 Å². The molecule has 0 heterocycles. The second-order valence-electron chi connectivity index (χ2n) is 5.40. The van der Waals surface area contributed by atoms with Crippen LogP contribution in [0.5, 0.6) is 5.75 Å². The van der Waals surface area contributed by atoms with Gasteiger partial charge >= 0.3 is 0 Å². The van der Waals surface area contributed by atoms with Crippen molar-refractivity contribution in [1.29, 1.82) is 0 Å². The van der Waals surface area contributed by atoms with Crippen LogP contribution in [0.4, 0.5) is 0 Å². The lowest BCUT2D eigenvalue weighted by Crippen LogP contribution is -2.43. The maximum Gasteiger partial charge on any atom is 0.226 e. The summed E-state index contributed by atoms with van der Waals surface area (Å²) in [4.78, 5) is 13.9. The van der Waals surface area contributed by atoms with Gasteiger partial charge in [0.25, 0.3) is 0 Å². The lowest BCUT2D eigenvalue weighted by atomic mass is 9.80. The van der Waals surface area contributed by atoms with Crippen LogP contribution in [0, 0.1) is 5.92 Å². The van der Waals surface area contributed by atoms with Crippen molar-refractivity contribution in [1.82, 2.24) is 4.90 Å². The van der Waals surface area contributed by atoms with Gasteiger partial charge in [0.15, 0.2) is 0 Å². The number of ether oxygens (including phenoxy) is 1. The molecule has 2 N–H and O–H groups in total. The van der Waals surface area contributed by atoms with Gasteiger partial charge in [0.05, 0.1) is 13.5 Å². The largest absolute Gasteiger partial charge is 0.497 e. The summed E-state index contributed by atoms with van der Waals surface area (Å²) in [5.74, 6) is 1.55. The Bertz CT molecular complexity index is 424. The van der Waals surface area contributed by atoms with E-state index in [2.05, 4.69) is 0 Å². The van der Waals surface area contributed by atoms with Crippen LogP contribution in [0.3, 0.4) is 0 Å². The average Bonchev–Trinajstić information content (AvgIpc) is 2.37. The van der Waals surface area contributed by atoms with E-state index in [0.29, 0.717) is 18.4 Å². The zero-order chi connectivity index (χ0) is 13.8. The molecule has 0 aromatic heterocycles. The minimum absolute atomic E-state index is 0.158. The molecule has 1 aromatic carbocycles. The third-order valence-electron chi connectivity index (χ3n) is 3.74. The van der Waals surface area contributed by atoms with Gasteiger partial charge < -0.3 is 15.4 Å². The summed E-state index contributed by atoms with van der Waals surface area (Å²) >= 11 is 0. The summed E-state index contributed by atoms with van der Waals surface area (Å²) in [5, 5.41) is 0. The zero-order valence-corrected chi connectivity index (χ0v) is 11.6. The fourth-order valence-electron chi connectivity index (χ4n) is 2.48. The van der Waals surface area contributed by atoms with Crippen LogP contribution in [-0.2, 0) is 11.2 Å². The van der Waals surface area contributed by atoms with Crippen molar-refractivity contribution in [2.75, 3.05) is 20.7 Å². The minimum Gasteiger partial charge on any atom is -0.497 e. The van der Waals surface area contributed by atoms with Crippen molar-refractivity contribution >= 4 is 5.91 Å². The standard InChI is InChI=1S/C15H22N2O2/c1-17(10-12-7-13(16)8-12)15(18)9-11-3-5-14(19-2)6-4-11/h3-6,12-13H,7-10,16H2,1-2H3. The van der Waals surface area contributed by atoms with E-state index in [1.165, 1.54) is 0 Å². The highest BCUT2D eigenvalue weighted by atomic mass is 16.5. The quantitative estimate of drug-likeness (QED) is 0.873. The molecule has 0 saturated heterocycles. The topological polar surface area (TPSA) is 55.6 Å².